The van der Waals surface area contributed by atoms with Gasteiger partial charge in [0, 0.05) is 43.0 Å². The maximum atomic E-state index is 10.1. The number of rotatable bonds is 4. The third kappa shape index (κ3) is 6.77. The Morgan fingerprint density at radius 1 is 0.700 bits per heavy atom. The van der Waals surface area contributed by atoms with Crippen LogP contribution in [0.4, 0.5) is 11.4 Å². The van der Waals surface area contributed by atoms with E-state index in [2.05, 4.69) is 105 Å². The zero-order chi connectivity index (χ0) is 27.2. The topological polar surface area (TPSA) is 68.1 Å². The van der Waals surface area contributed by atoms with Crippen molar-refractivity contribution in [2.75, 3.05) is 7.11 Å². The normalized spacial score (nSPS) is 13.4. The van der Waals surface area contributed by atoms with Crippen molar-refractivity contribution in [2.24, 2.45) is 9.98 Å². The van der Waals surface area contributed by atoms with Crippen molar-refractivity contribution in [1.29, 1.82) is 0 Å². The van der Waals surface area contributed by atoms with Gasteiger partial charge in [-0.3, -0.25) is 4.79 Å². The van der Waals surface area contributed by atoms with Crippen LogP contribution in [0.1, 0.15) is 33.4 Å². The summed E-state index contributed by atoms with van der Waals surface area (Å²) in [6, 6.07) is 25.6. The summed E-state index contributed by atoms with van der Waals surface area (Å²) in [6.45, 7) is 8.49. The molecule has 0 radical (unpaired) electrons. The van der Waals surface area contributed by atoms with Gasteiger partial charge in [-0.25, -0.2) is 14.8 Å². The number of hydrogen-bond acceptors (Lipinski definition) is 5. The van der Waals surface area contributed by atoms with E-state index < -0.39 is 5.97 Å². The molecular formula is C34H33N2O3Pd-. The van der Waals surface area contributed by atoms with Crippen molar-refractivity contribution in [3.8, 4) is 0 Å². The minimum Gasteiger partial charge on any atom is -0.466 e. The van der Waals surface area contributed by atoms with Crippen LogP contribution >= 0.6 is 0 Å². The van der Waals surface area contributed by atoms with E-state index in [-0.39, 0.29) is 27.8 Å². The summed E-state index contributed by atoms with van der Waals surface area (Å²) in [5, 5.41) is 2.47. The number of carbonyl (C=O) groups is 2. The van der Waals surface area contributed by atoms with Crippen LogP contribution in [0.15, 0.2) is 94.9 Å². The van der Waals surface area contributed by atoms with Crippen molar-refractivity contribution >= 4 is 45.8 Å². The number of methoxy groups -OCH3 is 1. The molecule has 4 aromatic carbocycles. The molecule has 6 heteroatoms. The summed E-state index contributed by atoms with van der Waals surface area (Å²) in [6.07, 6.45) is 2.63. The molecule has 0 saturated carbocycles. The van der Waals surface area contributed by atoms with Crippen LogP contribution in [0.2, 0.25) is 0 Å². The summed E-state index contributed by atoms with van der Waals surface area (Å²) >= 11 is 0. The van der Waals surface area contributed by atoms with Gasteiger partial charge in [0.1, 0.15) is 6.29 Å². The minimum atomic E-state index is -0.517. The Hall–Kier alpha value is -3.98. The van der Waals surface area contributed by atoms with Crippen LogP contribution in [0, 0.1) is 35.1 Å². The molecule has 0 atom stereocenters. The number of hydrogen-bond donors (Lipinski definition) is 0. The second-order valence-electron chi connectivity index (χ2n) is 9.13. The molecule has 208 valence electrons. The smallest absolute Gasteiger partial charge is 0.330 e. The van der Waals surface area contributed by atoms with E-state index in [4.69, 9.17) is 9.98 Å². The van der Waals surface area contributed by atoms with Crippen LogP contribution in [-0.2, 0) is 34.7 Å². The van der Waals surface area contributed by atoms with Gasteiger partial charge in [0.15, 0.2) is 0 Å². The van der Waals surface area contributed by atoms with E-state index in [9.17, 15) is 9.59 Å². The van der Waals surface area contributed by atoms with Gasteiger partial charge >= 0.3 is 5.97 Å². The van der Waals surface area contributed by atoms with Crippen molar-refractivity contribution < 1.29 is 34.7 Å². The minimum absolute atomic E-state index is 0. The first-order chi connectivity index (χ1) is 18.3. The van der Waals surface area contributed by atoms with Gasteiger partial charge < -0.3 is 12.2 Å². The molecule has 1 aliphatic carbocycles. The molecule has 0 aliphatic heterocycles. The molecule has 4 aromatic rings. The van der Waals surface area contributed by atoms with E-state index in [0.717, 1.165) is 46.1 Å². The quantitative estimate of drug-likeness (QED) is 0.0769. The molecule has 0 fully saturated rings. The summed E-state index contributed by atoms with van der Waals surface area (Å²) in [5.74, 6) is -0.517. The third-order valence-corrected chi connectivity index (χ3v) is 6.48. The Kier molecular flexibility index (Phi) is 11.6. The number of nitrogens with zero attached hydrogens (tertiary/aromatic N) is 2. The number of aliphatic imine (C=N–C) groups is 2. The van der Waals surface area contributed by atoms with E-state index in [1.165, 1.54) is 40.1 Å². The van der Waals surface area contributed by atoms with E-state index >= 15 is 0 Å². The van der Waals surface area contributed by atoms with Crippen molar-refractivity contribution in [3.05, 3.63) is 126 Å². The molecule has 40 heavy (non-hydrogen) atoms. The van der Waals surface area contributed by atoms with E-state index in [0.29, 0.717) is 6.29 Å². The number of allylic oxidation sites excluding steroid dienone is 1. The molecule has 0 unspecified atom stereocenters. The fourth-order valence-electron chi connectivity index (χ4n) is 4.59. The number of aryl methyl sites for hydroxylation is 4. The van der Waals surface area contributed by atoms with Crippen LogP contribution in [0.25, 0.3) is 10.8 Å². The third-order valence-electron chi connectivity index (χ3n) is 6.48. The Bertz CT molecular complexity index is 1490. The Labute approximate surface area is 250 Å². The Morgan fingerprint density at radius 2 is 1.10 bits per heavy atom. The van der Waals surface area contributed by atoms with Gasteiger partial charge in [0.2, 0.25) is 0 Å². The first kappa shape index (κ1) is 32.2. The van der Waals surface area contributed by atoms with Crippen molar-refractivity contribution in [1.82, 2.24) is 0 Å². The summed E-state index contributed by atoms with van der Waals surface area (Å²) in [4.78, 5) is 30.1. The summed E-state index contributed by atoms with van der Waals surface area (Å²) < 4.78 is 4.17. The molecule has 5 nitrogen and oxygen atoms in total. The predicted octanol–water partition coefficient (Wildman–Crippen LogP) is 7.69. The molecule has 0 bridgehead atoms. The van der Waals surface area contributed by atoms with Gasteiger partial charge in [-0.15, -0.1) is 0 Å². The first-order valence-corrected chi connectivity index (χ1v) is 12.4. The maximum Gasteiger partial charge on any atom is 0.330 e. The number of aldehydes is 1. The number of para-hydroxylation sites is 2. The van der Waals surface area contributed by atoms with Gasteiger partial charge in [0.25, 0.3) is 0 Å². The molecule has 0 amide bonds. The molecule has 1 aliphatic rings. The van der Waals surface area contributed by atoms with Gasteiger partial charge in [-0.2, -0.15) is 0 Å². The van der Waals surface area contributed by atoms with Crippen LogP contribution in [0.3, 0.4) is 0 Å². The zero-order valence-electron chi connectivity index (χ0n) is 23.6. The monoisotopic (exact) mass is 623 g/mol. The van der Waals surface area contributed by atoms with Gasteiger partial charge in [-0.1, -0.05) is 72.8 Å². The molecule has 0 aromatic heterocycles. The van der Waals surface area contributed by atoms with Gasteiger partial charge in [0.05, 0.1) is 29.9 Å². The largest absolute Gasteiger partial charge is 0.466 e. The average molecular weight is 624 g/mol. The van der Waals surface area contributed by atoms with E-state index in [1.54, 1.807) is 0 Å². The van der Waals surface area contributed by atoms with Crippen LogP contribution in [-0.4, -0.2) is 30.8 Å². The summed E-state index contributed by atoms with van der Waals surface area (Å²) in [5.41, 5.74) is 11.0. The molecular weight excluding hydrogens is 591 g/mol. The number of carbonyl (C=O) groups excluding carboxylic acids is 2. The van der Waals surface area contributed by atoms with Crippen LogP contribution in [0.5, 0.6) is 0 Å². The number of esters is 1. The van der Waals surface area contributed by atoms with Crippen molar-refractivity contribution in [2.45, 2.75) is 27.7 Å². The Balaban J connectivity index is 0.000000495. The maximum absolute atomic E-state index is 10.1. The fraction of sp³-hybridized carbons (Fsp3) is 0.147. The first-order valence-electron chi connectivity index (χ1n) is 12.4. The van der Waals surface area contributed by atoms with Crippen molar-refractivity contribution in [3.63, 3.8) is 0 Å². The molecule has 0 N–H and O–H groups in total. The average Bonchev–Trinajstić information content (AvgIpc) is 3.21. The zero-order valence-corrected chi connectivity index (χ0v) is 25.2. The standard InChI is InChI=1S/C28H24N2.C5H6O3.CH3.Pd/c1-17-9-5-10-18(2)25(17)29-27-22-15-7-13-21-14-8-16-23(24(21)22)28(27)30-26-19(3)11-6-12-20(26)4;1-8-5(7)3-2-4-6;;/h5-16H,1-4H3;2-4H,1H3;1H3;/q;;-1;/b;3-2-;;. The second kappa shape index (κ2) is 14.4. The number of ether oxygens (including phenoxy) is 1. The summed E-state index contributed by atoms with van der Waals surface area (Å²) in [7, 11) is 1.25. The fourth-order valence-corrected chi connectivity index (χ4v) is 4.59. The van der Waals surface area contributed by atoms with Crippen LogP contribution < -0.4 is 0 Å². The number of benzene rings is 4. The second-order valence-corrected chi connectivity index (χ2v) is 9.13. The molecule has 0 saturated heterocycles. The SMILES string of the molecule is COC(=O)/C=C\C=O.Cc1cccc(C)c1N=C1C(=Nc2c(C)cccc2C)c2cccc3cccc1c23.[CH3-].[Pd]. The molecule has 0 spiro atoms. The molecule has 0 heterocycles. The predicted molar refractivity (Wildman–Crippen MR) is 162 cm³/mol. The van der Waals surface area contributed by atoms with Gasteiger partial charge in [-0.05, 0) is 61.4 Å². The molecule has 5 rings (SSSR count). The van der Waals surface area contributed by atoms with E-state index in [1.807, 2.05) is 0 Å². The Morgan fingerprint density at radius 3 is 1.48 bits per heavy atom.